The zero-order valence-corrected chi connectivity index (χ0v) is 21.2. The van der Waals surface area contributed by atoms with Gasteiger partial charge in [0.25, 0.3) is 11.5 Å². The zero-order valence-electron chi connectivity index (χ0n) is 20.4. The highest BCUT2D eigenvalue weighted by Crippen LogP contribution is 2.33. The summed E-state index contributed by atoms with van der Waals surface area (Å²) in [6.45, 7) is 0.602. The molecule has 1 amide bonds. The van der Waals surface area contributed by atoms with Crippen molar-refractivity contribution < 1.29 is 18.0 Å². The van der Waals surface area contributed by atoms with Crippen molar-refractivity contribution >= 4 is 17.5 Å². The lowest BCUT2D eigenvalue weighted by molar-refractivity contribution is -0.141. The summed E-state index contributed by atoms with van der Waals surface area (Å²) in [5.74, 6) is -0.629. The molecule has 2 fully saturated rings. The Morgan fingerprint density at radius 2 is 1.82 bits per heavy atom. The number of alkyl halides is 4. The van der Waals surface area contributed by atoms with Crippen LogP contribution < -0.4 is 21.7 Å². The molecule has 2 aliphatic rings. The van der Waals surface area contributed by atoms with Crippen molar-refractivity contribution in [2.45, 2.75) is 56.0 Å². The Labute approximate surface area is 222 Å². The molecule has 202 valence electrons. The van der Waals surface area contributed by atoms with Crippen LogP contribution in [0.3, 0.4) is 0 Å². The molecule has 1 saturated carbocycles. The molecule has 0 spiro atoms. The molecule has 8 nitrogen and oxygen atoms in total. The summed E-state index contributed by atoms with van der Waals surface area (Å²) in [5, 5.41) is 6.40. The summed E-state index contributed by atoms with van der Waals surface area (Å²) in [6, 6.07) is 12.2. The highest BCUT2D eigenvalue weighted by molar-refractivity contribution is 6.20. The van der Waals surface area contributed by atoms with Crippen LogP contribution in [-0.4, -0.2) is 44.3 Å². The van der Waals surface area contributed by atoms with Gasteiger partial charge in [-0.15, -0.1) is 11.6 Å². The maximum atomic E-state index is 13.7. The van der Waals surface area contributed by atoms with Crippen LogP contribution in [0.5, 0.6) is 0 Å². The minimum atomic E-state index is -4.78. The van der Waals surface area contributed by atoms with Crippen LogP contribution in [0.1, 0.15) is 46.4 Å². The lowest BCUT2D eigenvalue weighted by atomic mass is 9.81. The molecule has 2 aromatic heterocycles. The first-order valence-electron chi connectivity index (χ1n) is 12.5. The Hall–Kier alpha value is -3.15. The Kier molecular flexibility index (Phi) is 7.60. The fraction of sp³-hybridized carbons (Fsp3) is 0.423. The van der Waals surface area contributed by atoms with Gasteiger partial charge >= 0.3 is 6.18 Å². The second-order valence-corrected chi connectivity index (χ2v) is 10.5. The molecule has 1 saturated heterocycles. The molecule has 0 radical (unpaired) electrons. The van der Waals surface area contributed by atoms with Gasteiger partial charge in [-0.3, -0.25) is 25.1 Å². The van der Waals surface area contributed by atoms with Crippen LogP contribution >= 0.6 is 11.6 Å². The minimum absolute atomic E-state index is 0.0525. The smallest absolute Gasteiger partial charge is 0.350 e. The van der Waals surface area contributed by atoms with Gasteiger partial charge in [0.15, 0.2) is 5.69 Å². The predicted molar refractivity (Wildman–Crippen MR) is 136 cm³/mol. The summed E-state index contributed by atoms with van der Waals surface area (Å²) in [4.78, 5) is 24.8. The number of hydrogen-bond acceptors (Lipinski definition) is 5. The van der Waals surface area contributed by atoms with Gasteiger partial charge in [0.2, 0.25) is 0 Å². The zero-order chi connectivity index (χ0) is 26.9. The second-order valence-electron chi connectivity index (χ2n) is 9.86. The Bertz CT molecular complexity index is 1340. The number of rotatable bonds is 7. The fourth-order valence-corrected chi connectivity index (χ4v) is 5.53. The topological polar surface area (TPSA) is 93.0 Å². The fourth-order valence-electron chi connectivity index (χ4n) is 5.20. The molecule has 38 heavy (non-hydrogen) atoms. The summed E-state index contributed by atoms with van der Waals surface area (Å²) in [5.41, 5.74) is 6.07. The normalized spacial score (nSPS) is 23.3. The maximum absolute atomic E-state index is 13.7. The first-order chi connectivity index (χ1) is 18.2. The number of carbonyl (C=O) groups is 1. The molecule has 4 unspecified atom stereocenters. The molecule has 3 N–H and O–H groups in total. The molecule has 4 atom stereocenters. The quantitative estimate of drug-likeness (QED) is 0.395. The minimum Gasteiger partial charge on any atom is -0.350 e. The number of halogens is 4. The van der Waals surface area contributed by atoms with E-state index in [0.29, 0.717) is 12.1 Å². The number of hydrogen-bond donors (Lipinski definition) is 3. The SMILES string of the molecule is O=C(NCC1NNC2CCC(Cl)CC21)c1cn(Cc2ccc(Cn3ccccc3=O)cc2)nc1C(F)(F)F. The molecular formula is C26H28ClF3N6O2. The van der Waals surface area contributed by atoms with Gasteiger partial charge in [0, 0.05) is 42.5 Å². The van der Waals surface area contributed by atoms with Crippen molar-refractivity contribution in [3.8, 4) is 0 Å². The van der Waals surface area contributed by atoms with Crippen molar-refractivity contribution in [3.63, 3.8) is 0 Å². The van der Waals surface area contributed by atoms with Crippen molar-refractivity contribution in [2.24, 2.45) is 5.92 Å². The highest BCUT2D eigenvalue weighted by atomic mass is 35.5. The first kappa shape index (κ1) is 26.5. The molecule has 3 aromatic rings. The summed E-state index contributed by atoms with van der Waals surface area (Å²) in [6.07, 6.45) is 0.631. The third-order valence-corrected chi connectivity index (χ3v) is 7.58. The number of aromatic nitrogens is 3. The van der Waals surface area contributed by atoms with Crippen LogP contribution in [0.25, 0.3) is 0 Å². The lowest BCUT2D eigenvalue weighted by Gasteiger charge is -2.30. The molecule has 0 bridgehead atoms. The average Bonchev–Trinajstić information content (AvgIpc) is 3.49. The van der Waals surface area contributed by atoms with E-state index in [0.717, 1.165) is 35.7 Å². The number of hydrazine groups is 1. The monoisotopic (exact) mass is 548 g/mol. The number of nitrogens with zero attached hydrogens (tertiary/aromatic N) is 3. The van der Waals surface area contributed by atoms with Gasteiger partial charge in [-0.05, 0) is 42.4 Å². The Morgan fingerprint density at radius 3 is 2.53 bits per heavy atom. The van der Waals surface area contributed by atoms with Gasteiger partial charge in [-0.2, -0.15) is 18.3 Å². The summed E-state index contributed by atoms with van der Waals surface area (Å²) >= 11 is 6.31. The Balaban J connectivity index is 1.26. The molecule has 5 rings (SSSR count). The number of nitrogens with one attached hydrogen (secondary N) is 3. The Morgan fingerprint density at radius 1 is 1.08 bits per heavy atom. The van der Waals surface area contributed by atoms with E-state index in [2.05, 4.69) is 21.3 Å². The molecule has 1 aliphatic heterocycles. The number of amides is 1. The van der Waals surface area contributed by atoms with Crippen LogP contribution in [0, 0.1) is 5.92 Å². The standard InChI is InChI=1S/C26H28ClF3N6O2/c27-18-8-9-21-19(11-18)22(33-32-21)12-31-25(38)20-15-36(34-24(20)26(28,29)30)14-17-6-4-16(5-7-17)13-35-10-2-1-3-23(35)37/h1-7,10,15,18-19,21-22,32-33H,8-9,11-14H2,(H,31,38). The van der Waals surface area contributed by atoms with Crippen molar-refractivity contribution in [1.29, 1.82) is 0 Å². The van der Waals surface area contributed by atoms with E-state index in [9.17, 15) is 22.8 Å². The number of carbonyl (C=O) groups excluding carboxylic acids is 1. The predicted octanol–water partition coefficient (Wildman–Crippen LogP) is 3.14. The van der Waals surface area contributed by atoms with Gasteiger partial charge in [0.1, 0.15) is 0 Å². The van der Waals surface area contributed by atoms with E-state index in [1.807, 2.05) is 12.1 Å². The molecule has 12 heteroatoms. The van der Waals surface area contributed by atoms with Crippen molar-refractivity contribution in [2.75, 3.05) is 6.54 Å². The van der Waals surface area contributed by atoms with Crippen molar-refractivity contribution in [1.82, 2.24) is 30.5 Å². The third kappa shape index (κ3) is 5.95. The van der Waals surface area contributed by atoms with Crippen LogP contribution in [0.2, 0.25) is 0 Å². The molecule has 1 aliphatic carbocycles. The van der Waals surface area contributed by atoms with Gasteiger partial charge in [0.05, 0.1) is 18.7 Å². The average molecular weight is 549 g/mol. The number of fused-ring (bicyclic) bond motifs is 1. The molecular weight excluding hydrogens is 521 g/mol. The lowest BCUT2D eigenvalue weighted by Crippen LogP contribution is -2.43. The highest BCUT2D eigenvalue weighted by Gasteiger charge is 2.41. The van der Waals surface area contributed by atoms with E-state index in [-0.39, 0.29) is 42.0 Å². The van der Waals surface area contributed by atoms with E-state index >= 15 is 0 Å². The van der Waals surface area contributed by atoms with Gasteiger partial charge in [-0.1, -0.05) is 30.3 Å². The number of benzene rings is 1. The van der Waals surface area contributed by atoms with E-state index in [4.69, 9.17) is 11.6 Å². The third-order valence-electron chi connectivity index (χ3n) is 7.18. The van der Waals surface area contributed by atoms with Crippen LogP contribution in [-0.2, 0) is 19.3 Å². The van der Waals surface area contributed by atoms with Crippen LogP contribution in [0.15, 0.2) is 59.7 Å². The van der Waals surface area contributed by atoms with E-state index in [1.54, 1.807) is 35.0 Å². The van der Waals surface area contributed by atoms with Crippen LogP contribution in [0.4, 0.5) is 13.2 Å². The number of pyridine rings is 1. The van der Waals surface area contributed by atoms with E-state index < -0.39 is 23.3 Å². The second kappa shape index (κ2) is 10.9. The van der Waals surface area contributed by atoms with Gasteiger partial charge < -0.3 is 9.88 Å². The van der Waals surface area contributed by atoms with Crippen molar-refractivity contribution in [3.05, 3.63) is 87.6 Å². The summed E-state index contributed by atoms with van der Waals surface area (Å²) < 4.78 is 43.9. The maximum Gasteiger partial charge on any atom is 0.435 e. The molecule has 1 aromatic carbocycles. The van der Waals surface area contributed by atoms with E-state index in [1.165, 1.54) is 6.07 Å². The largest absolute Gasteiger partial charge is 0.435 e. The molecule has 3 heterocycles. The van der Waals surface area contributed by atoms with Gasteiger partial charge in [-0.25, -0.2) is 0 Å². The first-order valence-corrected chi connectivity index (χ1v) is 12.9. The summed E-state index contributed by atoms with van der Waals surface area (Å²) in [7, 11) is 0.